The minimum Gasteiger partial charge on any atom is -0.404 e. The Labute approximate surface area is 107 Å². The van der Waals surface area contributed by atoms with Crippen molar-refractivity contribution in [3.05, 3.63) is 35.8 Å². The van der Waals surface area contributed by atoms with Crippen molar-refractivity contribution in [2.24, 2.45) is 22.4 Å². The quantitative estimate of drug-likeness (QED) is 0.538. The lowest BCUT2D eigenvalue weighted by Gasteiger charge is -2.14. The third kappa shape index (κ3) is 3.23. The van der Waals surface area contributed by atoms with Gasteiger partial charge in [-0.1, -0.05) is 13.8 Å². The monoisotopic (exact) mass is 248 g/mol. The summed E-state index contributed by atoms with van der Waals surface area (Å²) in [7, 11) is 0. The van der Waals surface area contributed by atoms with Crippen LogP contribution in [0.2, 0.25) is 0 Å². The van der Waals surface area contributed by atoms with Crippen molar-refractivity contribution in [3.8, 4) is 0 Å². The molecule has 1 aromatic rings. The number of nitrogens with two attached hydrogens (primary N) is 2. The maximum atomic E-state index is 11.4. The number of carbonyl (C=O) groups excluding carboxylic acids is 1. The number of primary amides is 1. The van der Waals surface area contributed by atoms with Gasteiger partial charge >= 0.3 is 0 Å². The van der Waals surface area contributed by atoms with E-state index in [4.69, 9.17) is 11.5 Å². The van der Waals surface area contributed by atoms with Crippen molar-refractivity contribution in [1.82, 2.24) is 4.98 Å². The fourth-order valence-electron chi connectivity index (χ4n) is 1.39. The Bertz CT molecular complexity index is 457. The molecule has 0 aliphatic rings. The molecule has 0 fully saturated rings. The topological polar surface area (TPSA) is 97.3 Å². The zero-order valence-electron chi connectivity index (χ0n) is 11.0. The highest BCUT2D eigenvalue weighted by molar-refractivity contribution is 6.27. The number of carbonyl (C=O) groups is 1. The molecule has 0 spiro atoms. The summed E-state index contributed by atoms with van der Waals surface area (Å²) in [5.41, 5.74) is 12.3. The molecule has 5 heteroatoms. The summed E-state index contributed by atoms with van der Waals surface area (Å²) in [6.45, 7) is 6.12. The number of aromatic amines is 1. The second-order valence-corrected chi connectivity index (χ2v) is 4.49. The molecule has 1 heterocycles. The van der Waals surface area contributed by atoms with Crippen LogP contribution in [0.15, 0.2) is 35.1 Å². The van der Waals surface area contributed by atoms with Crippen LogP contribution in [0.3, 0.4) is 0 Å². The van der Waals surface area contributed by atoms with E-state index in [-0.39, 0.29) is 11.6 Å². The summed E-state index contributed by atoms with van der Waals surface area (Å²) in [5, 5.41) is 0. The van der Waals surface area contributed by atoms with Gasteiger partial charge in [0.15, 0.2) is 0 Å². The van der Waals surface area contributed by atoms with Crippen molar-refractivity contribution in [3.63, 3.8) is 0 Å². The zero-order valence-corrected chi connectivity index (χ0v) is 11.0. The van der Waals surface area contributed by atoms with Gasteiger partial charge in [-0.05, 0) is 25.0 Å². The maximum Gasteiger partial charge on any atom is 0.252 e. The van der Waals surface area contributed by atoms with Gasteiger partial charge in [0.05, 0.1) is 23.0 Å². The average molecular weight is 248 g/mol. The smallest absolute Gasteiger partial charge is 0.252 e. The van der Waals surface area contributed by atoms with Crippen molar-refractivity contribution in [1.29, 1.82) is 0 Å². The van der Waals surface area contributed by atoms with Gasteiger partial charge in [0.1, 0.15) is 0 Å². The van der Waals surface area contributed by atoms with Gasteiger partial charge in [-0.25, -0.2) is 0 Å². The van der Waals surface area contributed by atoms with Gasteiger partial charge in [-0.15, -0.1) is 0 Å². The highest BCUT2D eigenvalue weighted by atomic mass is 16.1. The molecule has 1 amide bonds. The van der Waals surface area contributed by atoms with Crippen LogP contribution < -0.4 is 11.5 Å². The average Bonchev–Trinajstić information content (AvgIpc) is 2.81. The Balaban J connectivity index is 3.23. The highest BCUT2D eigenvalue weighted by Gasteiger charge is 2.17. The number of rotatable bonds is 5. The van der Waals surface area contributed by atoms with Gasteiger partial charge in [-0.3, -0.25) is 9.79 Å². The number of H-pyrrole nitrogens is 1. The van der Waals surface area contributed by atoms with E-state index in [0.29, 0.717) is 11.6 Å². The zero-order chi connectivity index (χ0) is 13.7. The minimum atomic E-state index is -0.582. The molecule has 1 unspecified atom stereocenters. The first-order valence-electron chi connectivity index (χ1n) is 5.91. The summed E-state index contributed by atoms with van der Waals surface area (Å²) < 4.78 is 0. The van der Waals surface area contributed by atoms with E-state index >= 15 is 0 Å². The maximum absolute atomic E-state index is 11.4. The minimum absolute atomic E-state index is 0.0672. The fraction of sp³-hybridized carbons (Fsp3) is 0.385. The summed E-state index contributed by atoms with van der Waals surface area (Å²) in [6.07, 6.45) is 2.97. The molecule has 0 radical (unpaired) electrons. The van der Waals surface area contributed by atoms with Gasteiger partial charge in [0, 0.05) is 12.4 Å². The normalized spacial score (nSPS) is 14.9. The summed E-state index contributed by atoms with van der Waals surface area (Å²) in [4.78, 5) is 19.0. The third-order valence-corrected chi connectivity index (χ3v) is 2.84. The summed E-state index contributed by atoms with van der Waals surface area (Å²) in [6, 6.07) is 3.73. The molecule has 1 aromatic heterocycles. The first-order chi connectivity index (χ1) is 8.47. The Morgan fingerprint density at radius 2 is 2.11 bits per heavy atom. The van der Waals surface area contributed by atoms with Gasteiger partial charge < -0.3 is 16.5 Å². The molecule has 1 rings (SSSR count). The van der Waals surface area contributed by atoms with Crippen LogP contribution in [-0.4, -0.2) is 22.6 Å². The van der Waals surface area contributed by atoms with Gasteiger partial charge in [0.25, 0.3) is 5.91 Å². The van der Waals surface area contributed by atoms with E-state index in [9.17, 15) is 4.79 Å². The van der Waals surface area contributed by atoms with Crippen LogP contribution >= 0.6 is 0 Å². The molecular weight excluding hydrogens is 228 g/mol. The Hall–Kier alpha value is -2.04. The number of nitrogens with one attached hydrogen (secondary N) is 1. The van der Waals surface area contributed by atoms with Crippen molar-refractivity contribution >= 4 is 11.6 Å². The van der Waals surface area contributed by atoms with Crippen molar-refractivity contribution < 1.29 is 4.79 Å². The molecule has 1 atom stereocenters. The van der Waals surface area contributed by atoms with E-state index in [1.54, 1.807) is 6.20 Å². The number of aromatic nitrogens is 1. The molecule has 0 aromatic carbocycles. The molecule has 0 bridgehead atoms. The number of nitrogens with zero attached hydrogens (tertiary/aromatic N) is 1. The first kappa shape index (κ1) is 14.0. The third-order valence-electron chi connectivity index (χ3n) is 2.84. The Morgan fingerprint density at radius 1 is 1.44 bits per heavy atom. The second-order valence-electron chi connectivity index (χ2n) is 4.49. The van der Waals surface area contributed by atoms with E-state index < -0.39 is 5.91 Å². The van der Waals surface area contributed by atoms with Crippen molar-refractivity contribution in [2.75, 3.05) is 0 Å². The van der Waals surface area contributed by atoms with Crippen LogP contribution in [0.5, 0.6) is 0 Å². The fourth-order valence-corrected chi connectivity index (χ4v) is 1.39. The first-order valence-corrected chi connectivity index (χ1v) is 5.91. The molecule has 0 saturated carbocycles. The van der Waals surface area contributed by atoms with Crippen LogP contribution in [0.25, 0.3) is 0 Å². The van der Waals surface area contributed by atoms with Crippen molar-refractivity contribution in [2.45, 2.75) is 26.8 Å². The largest absolute Gasteiger partial charge is 0.404 e. The number of aliphatic imine (C=N–C) groups is 1. The molecular formula is C13H20N4O. The van der Waals surface area contributed by atoms with E-state index in [1.807, 2.05) is 19.1 Å². The van der Waals surface area contributed by atoms with Crippen LogP contribution in [-0.2, 0) is 4.79 Å². The van der Waals surface area contributed by atoms with Gasteiger partial charge in [-0.2, -0.15) is 0 Å². The van der Waals surface area contributed by atoms with E-state index in [1.165, 1.54) is 6.20 Å². The van der Waals surface area contributed by atoms with Crippen LogP contribution in [0.1, 0.15) is 26.5 Å². The molecule has 0 aliphatic carbocycles. The summed E-state index contributed by atoms with van der Waals surface area (Å²) in [5.74, 6) is -0.219. The van der Waals surface area contributed by atoms with E-state index in [2.05, 4.69) is 23.8 Å². The molecule has 5 nitrogen and oxygen atoms in total. The van der Waals surface area contributed by atoms with Crippen LogP contribution in [0.4, 0.5) is 0 Å². The Morgan fingerprint density at radius 3 is 2.50 bits per heavy atom. The predicted octanol–water partition coefficient (Wildman–Crippen LogP) is 1.18. The second kappa shape index (κ2) is 6.05. The number of hydrogen-bond donors (Lipinski definition) is 3. The predicted molar refractivity (Wildman–Crippen MR) is 73.1 cm³/mol. The summed E-state index contributed by atoms with van der Waals surface area (Å²) >= 11 is 0. The molecule has 5 N–H and O–H groups in total. The molecule has 0 aliphatic heterocycles. The SMILES string of the molecule is CC(C)C(C)N=C(C(=CN)C(N)=O)c1ccc[nH]1. The van der Waals surface area contributed by atoms with Gasteiger partial charge in [0.2, 0.25) is 0 Å². The molecule has 98 valence electrons. The lowest BCUT2D eigenvalue weighted by Crippen LogP contribution is -2.25. The Kier molecular flexibility index (Phi) is 4.71. The number of hydrogen-bond acceptors (Lipinski definition) is 3. The highest BCUT2D eigenvalue weighted by Crippen LogP contribution is 2.12. The van der Waals surface area contributed by atoms with E-state index in [0.717, 1.165) is 5.69 Å². The molecule has 18 heavy (non-hydrogen) atoms. The number of amides is 1. The standard InChI is InChI=1S/C13H20N4O/c1-8(2)9(3)17-12(10(7-14)13(15)18)11-5-4-6-16-11/h4-9,16H,14H2,1-3H3,(H2,15,18). The lowest BCUT2D eigenvalue weighted by atomic mass is 10.0. The van der Waals surface area contributed by atoms with Crippen LogP contribution in [0, 0.1) is 5.92 Å². The lowest BCUT2D eigenvalue weighted by molar-refractivity contribution is -0.114. The molecule has 0 saturated heterocycles.